The van der Waals surface area contributed by atoms with Gasteiger partial charge in [0.15, 0.2) is 0 Å². The van der Waals surface area contributed by atoms with Crippen molar-refractivity contribution < 1.29 is 4.74 Å². The molecule has 1 aromatic carbocycles. The number of benzene rings is 1. The first-order valence-electron chi connectivity index (χ1n) is 7.50. The van der Waals surface area contributed by atoms with Crippen molar-refractivity contribution in [3.05, 3.63) is 35.7 Å². The second kappa shape index (κ2) is 7.73. The summed E-state index contributed by atoms with van der Waals surface area (Å²) < 4.78 is 5.73. The fourth-order valence-corrected chi connectivity index (χ4v) is 1.97. The third-order valence-electron chi connectivity index (χ3n) is 3.26. The molecule has 0 unspecified atom stereocenters. The van der Waals surface area contributed by atoms with Crippen LogP contribution in [0.1, 0.15) is 11.4 Å². The number of aryl methyl sites for hydroxylation is 1. The summed E-state index contributed by atoms with van der Waals surface area (Å²) in [7, 11) is 5.74. The Labute approximate surface area is 137 Å². The van der Waals surface area contributed by atoms with E-state index in [1.54, 1.807) is 0 Å². The molecule has 0 fully saturated rings. The van der Waals surface area contributed by atoms with Crippen LogP contribution in [0.2, 0.25) is 0 Å². The molecule has 2 N–H and O–H groups in total. The lowest BCUT2D eigenvalue weighted by atomic mass is 10.2. The Balaban J connectivity index is 1.84. The molecule has 0 aliphatic carbocycles. The second-order valence-corrected chi connectivity index (χ2v) is 5.70. The molecular weight excluding hydrogens is 292 g/mol. The van der Waals surface area contributed by atoms with E-state index in [1.807, 2.05) is 50.3 Å². The van der Waals surface area contributed by atoms with Crippen molar-refractivity contribution in [2.75, 3.05) is 44.9 Å². The van der Waals surface area contributed by atoms with Gasteiger partial charge in [0, 0.05) is 20.6 Å². The molecular formula is C16H24N6O. The lowest BCUT2D eigenvalue weighted by molar-refractivity contribution is 0.229. The van der Waals surface area contributed by atoms with E-state index in [4.69, 9.17) is 10.5 Å². The maximum absolute atomic E-state index is 5.73. The maximum atomic E-state index is 5.73. The Morgan fingerprint density at radius 3 is 2.39 bits per heavy atom. The number of hydrogen-bond donors (Lipinski definition) is 1. The number of nitrogen functional groups attached to an aromatic ring is 1. The van der Waals surface area contributed by atoms with Gasteiger partial charge in [-0.05, 0) is 26.1 Å². The molecule has 2 rings (SSSR count). The molecule has 1 aromatic heterocycles. The van der Waals surface area contributed by atoms with E-state index in [-0.39, 0.29) is 5.95 Å². The fraction of sp³-hybridized carbons (Fsp3) is 0.438. The summed E-state index contributed by atoms with van der Waals surface area (Å²) in [6, 6.07) is 8.03. The second-order valence-electron chi connectivity index (χ2n) is 5.70. The molecule has 0 radical (unpaired) electrons. The zero-order chi connectivity index (χ0) is 16.8. The van der Waals surface area contributed by atoms with Crippen LogP contribution in [0.3, 0.4) is 0 Å². The minimum absolute atomic E-state index is 0.239. The van der Waals surface area contributed by atoms with E-state index in [1.165, 1.54) is 5.56 Å². The zero-order valence-corrected chi connectivity index (χ0v) is 14.2. The molecule has 0 spiro atoms. The van der Waals surface area contributed by atoms with E-state index in [9.17, 15) is 0 Å². The molecule has 0 saturated heterocycles. The van der Waals surface area contributed by atoms with Gasteiger partial charge in [-0.1, -0.05) is 17.7 Å². The summed E-state index contributed by atoms with van der Waals surface area (Å²) >= 11 is 0. The highest BCUT2D eigenvalue weighted by atomic mass is 16.5. The predicted molar refractivity (Wildman–Crippen MR) is 91.6 cm³/mol. The third kappa shape index (κ3) is 5.37. The van der Waals surface area contributed by atoms with Gasteiger partial charge in [0.25, 0.3) is 0 Å². The quantitative estimate of drug-likeness (QED) is 0.825. The van der Waals surface area contributed by atoms with Gasteiger partial charge in [0.05, 0.1) is 6.54 Å². The molecule has 7 heteroatoms. The number of anilines is 2. The predicted octanol–water partition coefficient (Wildman–Crippen LogP) is 1.34. The van der Waals surface area contributed by atoms with Crippen molar-refractivity contribution in [2.24, 2.45) is 0 Å². The van der Waals surface area contributed by atoms with Gasteiger partial charge in [-0.25, -0.2) is 0 Å². The van der Waals surface area contributed by atoms with Crippen LogP contribution in [-0.2, 0) is 6.54 Å². The number of nitrogens with two attached hydrogens (primary N) is 1. The van der Waals surface area contributed by atoms with E-state index < -0.39 is 0 Å². The molecule has 0 amide bonds. The molecule has 0 bridgehead atoms. The fourth-order valence-electron chi connectivity index (χ4n) is 1.97. The largest absolute Gasteiger partial charge is 0.492 e. The van der Waals surface area contributed by atoms with Crippen molar-refractivity contribution >= 4 is 11.9 Å². The Kier molecular flexibility index (Phi) is 5.70. The third-order valence-corrected chi connectivity index (χ3v) is 3.26. The zero-order valence-electron chi connectivity index (χ0n) is 14.2. The Morgan fingerprint density at radius 2 is 1.74 bits per heavy atom. The number of aromatic nitrogens is 3. The first-order valence-corrected chi connectivity index (χ1v) is 7.50. The van der Waals surface area contributed by atoms with Crippen molar-refractivity contribution in [1.82, 2.24) is 19.9 Å². The monoisotopic (exact) mass is 316 g/mol. The number of nitrogens with zero attached hydrogens (tertiary/aromatic N) is 5. The smallest absolute Gasteiger partial charge is 0.229 e. The van der Waals surface area contributed by atoms with E-state index in [0.29, 0.717) is 24.9 Å². The number of ether oxygens (including phenoxy) is 1. The molecule has 0 saturated carbocycles. The molecule has 7 nitrogen and oxygen atoms in total. The highest BCUT2D eigenvalue weighted by molar-refractivity contribution is 5.32. The first-order chi connectivity index (χ1) is 10.9. The van der Waals surface area contributed by atoms with Crippen LogP contribution >= 0.6 is 0 Å². The highest BCUT2D eigenvalue weighted by Gasteiger charge is 2.09. The average Bonchev–Trinajstić information content (AvgIpc) is 2.48. The van der Waals surface area contributed by atoms with Crippen molar-refractivity contribution in [1.29, 1.82) is 0 Å². The van der Waals surface area contributed by atoms with Gasteiger partial charge in [-0.15, -0.1) is 0 Å². The van der Waals surface area contributed by atoms with E-state index in [0.717, 1.165) is 12.3 Å². The van der Waals surface area contributed by atoms with Gasteiger partial charge in [0.1, 0.15) is 18.2 Å². The van der Waals surface area contributed by atoms with Crippen LogP contribution in [0.15, 0.2) is 24.3 Å². The molecule has 124 valence electrons. The van der Waals surface area contributed by atoms with Crippen molar-refractivity contribution in [2.45, 2.75) is 13.5 Å². The van der Waals surface area contributed by atoms with Gasteiger partial charge < -0.3 is 15.4 Å². The van der Waals surface area contributed by atoms with Gasteiger partial charge >= 0.3 is 0 Å². The van der Waals surface area contributed by atoms with Crippen LogP contribution in [-0.4, -0.2) is 54.1 Å². The van der Waals surface area contributed by atoms with Crippen LogP contribution in [0.4, 0.5) is 11.9 Å². The van der Waals surface area contributed by atoms with Crippen LogP contribution in [0.25, 0.3) is 0 Å². The number of rotatable bonds is 7. The molecule has 0 aliphatic rings. The highest BCUT2D eigenvalue weighted by Crippen LogP contribution is 2.11. The SMILES string of the molecule is Cc1ccc(OCCN(C)Cc2nc(N)nc(N(C)C)n2)cc1. The lowest BCUT2D eigenvalue weighted by Gasteiger charge is -2.17. The summed E-state index contributed by atoms with van der Waals surface area (Å²) in [4.78, 5) is 16.5. The standard InChI is InChI=1S/C16H24N6O/c1-12-5-7-13(8-6-12)23-10-9-22(4)11-14-18-15(17)20-16(19-14)21(2)3/h5-8H,9-11H2,1-4H3,(H2,17,18,19,20). The summed E-state index contributed by atoms with van der Waals surface area (Å²) in [6.07, 6.45) is 0. The topological polar surface area (TPSA) is 80.4 Å². The summed E-state index contributed by atoms with van der Waals surface area (Å²) in [6.45, 7) is 4.00. The molecule has 0 aliphatic heterocycles. The van der Waals surface area contributed by atoms with Crippen molar-refractivity contribution in [3.63, 3.8) is 0 Å². The lowest BCUT2D eigenvalue weighted by Crippen LogP contribution is -2.26. The van der Waals surface area contributed by atoms with E-state index in [2.05, 4.69) is 26.8 Å². The van der Waals surface area contributed by atoms with Gasteiger partial charge in [0.2, 0.25) is 11.9 Å². The molecule has 0 atom stereocenters. The minimum atomic E-state index is 0.239. The summed E-state index contributed by atoms with van der Waals surface area (Å²) in [5, 5.41) is 0. The maximum Gasteiger partial charge on any atom is 0.229 e. The van der Waals surface area contributed by atoms with Crippen LogP contribution in [0.5, 0.6) is 5.75 Å². The van der Waals surface area contributed by atoms with Crippen molar-refractivity contribution in [3.8, 4) is 5.75 Å². The molecule has 2 aromatic rings. The Bertz CT molecular complexity index is 629. The van der Waals surface area contributed by atoms with Gasteiger partial charge in [-0.2, -0.15) is 15.0 Å². The average molecular weight is 316 g/mol. The molecule has 23 heavy (non-hydrogen) atoms. The van der Waals surface area contributed by atoms with E-state index >= 15 is 0 Å². The Hall–Kier alpha value is -2.41. The van der Waals surface area contributed by atoms with Gasteiger partial charge in [-0.3, -0.25) is 4.90 Å². The first kappa shape index (κ1) is 17.0. The Morgan fingerprint density at radius 1 is 1.04 bits per heavy atom. The number of likely N-dealkylation sites (N-methyl/N-ethyl adjacent to an activating group) is 1. The minimum Gasteiger partial charge on any atom is -0.492 e. The normalized spacial score (nSPS) is 10.8. The van der Waals surface area contributed by atoms with Crippen LogP contribution in [0, 0.1) is 6.92 Å². The summed E-state index contributed by atoms with van der Waals surface area (Å²) in [5.74, 6) is 2.34. The van der Waals surface area contributed by atoms with Crippen LogP contribution < -0.4 is 15.4 Å². The molecule has 1 heterocycles. The summed E-state index contributed by atoms with van der Waals surface area (Å²) in [5.41, 5.74) is 6.95. The number of hydrogen-bond acceptors (Lipinski definition) is 7.